The Morgan fingerprint density at radius 1 is 1.33 bits per heavy atom. The number of hydrogen-bond acceptors (Lipinski definition) is 4. The topological polar surface area (TPSA) is 80.7 Å². The molecule has 0 aromatic heterocycles. The van der Waals surface area contributed by atoms with E-state index in [1.54, 1.807) is 45.0 Å². The van der Waals surface area contributed by atoms with Gasteiger partial charge in [-0.3, -0.25) is 4.79 Å². The van der Waals surface area contributed by atoms with Crippen LogP contribution in [-0.2, 0) is 21.1 Å². The van der Waals surface area contributed by atoms with E-state index in [1.165, 1.54) is 7.11 Å². The Hall–Kier alpha value is -1.56. The average Bonchev–Trinajstić information content (AvgIpc) is 2.36. The zero-order chi connectivity index (χ0) is 16.3. The molecule has 0 saturated carbocycles. The largest absolute Gasteiger partial charge is 0.497 e. The Bertz CT molecular complexity index is 599. The molecule has 0 heterocycles. The smallest absolute Gasteiger partial charge is 0.307 e. The maximum absolute atomic E-state index is 12.2. The van der Waals surface area contributed by atoms with E-state index in [1.807, 2.05) is 0 Å². The average molecular weight is 314 g/mol. The second-order valence-corrected chi connectivity index (χ2v) is 8.77. The van der Waals surface area contributed by atoms with Crippen molar-refractivity contribution in [2.24, 2.45) is 5.92 Å². The summed E-state index contributed by atoms with van der Waals surface area (Å²) >= 11 is 0. The summed E-state index contributed by atoms with van der Waals surface area (Å²) in [5, 5.41) is 9.29. The summed E-state index contributed by atoms with van der Waals surface area (Å²) in [6, 6.07) is 7.00. The maximum atomic E-state index is 12.2. The molecule has 0 spiro atoms. The number of sulfone groups is 1. The fourth-order valence-electron chi connectivity index (χ4n) is 1.82. The van der Waals surface area contributed by atoms with Crippen molar-refractivity contribution in [1.29, 1.82) is 0 Å². The van der Waals surface area contributed by atoms with Crippen LogP contribution in [0.1, 0.15) is 26.3 Å². The number of ether oxygens (including phenoxy) is 1. The Morgan fingerprint density at radius 3 is 2.43 bits per heavy atom. The number of carboxylic acid groups (broad SMARTS) is 1. The van der Waals surface area contributed by atoms with Crippen LogP contribution in [-0.4, -0.2) is 37.1 Å². The van der Waals surface area contributed by atoms with Gasteiger partial charge >= 0.3 is 5.97 Å². The quantitative estimate of drug-likeness (QED) is 0.870. The Balaban J connectivity index is 2.96. The molecule has 1 aromatic rings. The van der Waals surface area contributed by atoms with Gasteiger partial charge in [0, 0.05) is 0 Å². The summed E-state index contributed by atoms with van der Waals surface area (Å²) < 4.78 is 28.5. The molecule has 118 valence electrons. The molecule has 0 aliphatic heterocycles. The van der Waals surface area contributed by atoms with Gasteiger partial charge in [-0.05, 0) is 44.9 Å². The highest BCUT2D eigenvalue weighted by Crippen LogP contribution is 2.22. The number of methoxy groups -OCH3 is 1. The molecule has 0 bridgehead atoms. The van der Waals surface area contributed by atoms with E-state index >= 15 is 0 Å². The standard InChI is InChI=1S/C15H22O5S/c1-15(2,3)21(18,19)10-12(14(16)17)8-11-6-5-7-13(9-11)20-4/h5-7,9,12H,8,10H2,1-4H3,(H,16,17)/t12-/m1/s1. The molecule has 21 heavy (non-hydrogen) atoms. The molecule has 1 N–H and O–H groups in total. The molecule has 6 heteroatoms. The molecule has 0 fully saturated rings. The summed E-state index contributed by atoms with van der Waals surface area (Å²) in [4.78, 5) is 11.4. The number of benzene rings is 1. The van der Waals surface area contributed by atoms with Gasteiger partial charge in [0.15, 0.2) is 9.84 Å². The summed E-state index contributed by atoms with van der Waals surface area (Å²) in [7, 11) is -1.96. The zero-order valence-corrected chi connectivity index (χ0v) is 13.6. The van der Waals surface area contributed by atoms with Crippen LogP contribution in [0.4, 0.5) is 0 Å². The van der Waals surface area contributed by atoms with Crippen molar-refractivity contribution in [3.63, 3.8) is 0 Å². The van der Waals surface area contributed by atoms with E-state index in [0.29, 0.717) is 5.75 Å². The molecule has 1 rings (SSSR count). The summed E-state index contributed by atoms with van der Waals surface area (Å²) in [6.45, 7) is 4.73. The molecule has 0 aliphatic carbocycles. The van der Waals surface area contributed by atoms with E-state index in [0.717, 1.165) is 5.56 Å². The fraction of sp³-hybridized carbons (Fsp3) is 0.533. The highest BCUT2D eigenvalue weighted by Gasteiger charge is 2.34. The highest BCUT2D eigenvalue weighted by molar-refractivity contribution is 7.92. The van der Waals surface area contributed by atoms with Crippen molar-refractivity contribution in [3.05, 3.63) is 29.8 Å². The van der Waals surface area contributed by atoms with Crippen LogP contribution in [0.3, 0.4) is 0 Å². The molecule has 1 aromatic carbocycles. The highest BCUT2D eigenvalue weighted by atomic mass is 32.2. The van der Waals surface area contributed by atoms with Crippen molar-refractivity contribution < 1.29 is 23.1 Å². The van der Waals surface area contributed by atoms with Gasteiger partial charge in [-0.2, -0.15) is 0 Å². The van der Waals surface area contributed by atoms with E-state index in [4.69, 9.17) is 4.74 Å². The van der Waals surface area contributed by atoms with Gasteiger partial charge in [0.1, 0.15) is 5.75 Å². The second-order valence-electron chi connectivity index (χ2n) is 5.98. The van der Waals surface area contributed by atoms with Gasteiger partial charge in [0.2, 0.25) is 0 Å². The van der Waals surface area contributed by atoms with Crippen molar-refractivity contribution in [3.8, 4) is 5.75 Å². The lowest BCUT2D eigenvalue weighted by Gasteiger charge is -2.22. The van der Waals surface area contributed by atoms with Crippen molar-refractivity contribution >= 4 is 15.8 Å². The lowest BCUT2D eigenvalue weighted by molar-refractivity contribution is -0.140. The first-order chi connectivity index (χ1) is 9.56. The zero-order valence-electron chi connectivity index (χ0n) is 12.8. The van der Waals surface area contributed by atoms with E-state index in [9.17, 15) is 18.3 Å². The van der Waals surface area contributed by atoms with Gasteiger partial charge in [-0.1, -0.05) is 12.1 Å². The van der Waals surface area contributed by atoms with Crippen LogP contribution in [0.25, 0.3) is 0 Å². The molecule has 0 saturated heterocycles. The molecular weight excluding hydrogens is 292 g/mol. The van der Waals surface area contributed by atoms with Crippen LogP contribution in [0.5, 0.6) is 5.75 Å². The summed E-state index contributed by atoms with van der Waals surface area (Å²) in [5.41, 5.74) is 0.742. The molecule has 0 unspecified atom stereocenters. The number of carboxylic acids is 1. The Morgan fingerprint density at radius 2 is 1.95 bits per heavy atom. The predicted molar refractivity (Wildman–Crippen MR) is 81.4 cm³/mol. The first-order valence-electron chi connectivity index (χ1n) is 6.65. The number of aliphatic carboxylic acids is 1. The van der Waals surface area contributed by atoms with Crippen molar-refractivity contribution in [2.45, 2.75) is 31.9 Å². The molecule has 0 radical (unpaired) electrons. The summed E-state index contributed by atoms with van der Waals surface area (Å²) in [5.74, 6) is -1.83. The minimum atomic E-state index is -3.49. The molecule has 0 aliphatic rings. The van der Waals surface area contributed by atoms with Gasteiger partial charge in [-0.25, -0.2) is 8.42 Å². The minimum Gasteiger partial charge on any atom is -0.497 e. The third kappa shape index (κ3) is 4.74. The molecular formula is C15H22O5S. The Kier molecular flexibility index (Phi) is 5.39. The van der Waals surface area contributed by atoms with E-state index in [2.05, 4.69) is 0 Å². The number of hydrogen-bond donors (Lipinski definition) is 1. The van der Waals surface area contributed by atoms with Crippen LogP contribution in [0, 0.1) is 5.92 Å². The fourth-order valence-corrected chi connectivity index (χ4v) is 3.11. The first kappa shape index (κ1) is 17.5. The van der Waals surface area contributed by atoms with Crippen molar-refractivity contribution in [1.82, 2.24) is 0 Å². The van der Waals surface area contributed by atoms with Crippen LogP contribution in [0.15, 0.2) is 24.3 Å². The normalized spacial score (nSPS) is 13.7. The third-order valence-electron chi connectivity index (χ3n) is 3.32. The van der Waals surface area contributed by atoms with Gasteiger partial charge in [0.05, 0.1) is 23.5 Å². The van der Waals surface area contributed by atoms with Gasteiger partial charge < -0.3 is 9.84 Å². The Labute approximate surface area is 125 Å². The lowest BCUT2D eigenvalue weighted by atomic mass is 10.0. The monoisotopic (exact) mass is 314 g/mol. The third-order valence-corrected chi connectivity index (χ3v) is 6.03. The van der Waals surface area contributed by atoms with E-state index in [-0.39, 0.29) is 12.2 Å². The van der Waals surface area contributed by atoms with Crippen molar-refractivity contribution in [2.75, 3.05) is 12.9 Å². The van der Waals surface area contributed by atoms with Crippen LogP contribution in [0.2, 0.25) is 0 Å². The number of rotatable bonds is 6. The van der Waals surface area contributed by atoms with Gasteiger partial charge in [0.25, 0.3) is 0 Å². The number of carbonyl (C=O) groups is 1. The van der Waals surface area contributed by atoms with Crippen LogP contribution < -0.4 is 4.74 Å². The SMILES string of the molecule is COc1cccc(C[C@H](CS(=O)(=O)C(C)(C)C)C(=O)O)c1. The lowest BCUT2D eigenvalue weighted by Crippen LogP contribution is -2.36. The molecule has 1 atom stereocenters. The second kappa shape index (κ2) is 6.47. The summed E-state index contributed by atoms with van der Waals surface area (Å²) in [6.07, 6.45) is 0.155. The molecule has 0 amide bonds. The van der Waals surface area contributed by atoms with Gasteiger partial charge in [-0.15, -0.1) is 0 Å². The first-order valence-corrected chi connectivity index (χ1v) is 8.30. The van der Waals surface area contributed by atoms with Crippen LogP contribution >= 0.6 is 0 Å². The molecule has 5 nitrogen and oxygen atoms in total. The predicted octanol–water partition coefficient (Wildman–Crippen LogP) is 2.15. The maximum Gasteiger partial charge on any atom is 0.307 e. The minimum absolute atomic E-state index is 0.155. The van der Waals surface area contributed by atoms with E-state index < -0.39 is 26.5 Å².